The Morgan fingerprint density at radius 3 is 2.18 bits per heavy atom. The average Bonchev–Trinajstić information content (AvgIpc) is 2.56. The number of carbonyl (C=O) groups excluding carboxylic acids is 1. The summed E-state index contributed by atoms with van der Waals surface area (Å²) in [4.78, 5) is 16.1. The Bertz CT molecular complexity index is 444. The monoisotopic (exact) mass is 308 g/mol. The van der Waals surface area contributed by atoms with Crippen molar-refractivity contribution in [3.63, 3.8) is 0 Å². The van der Waals surface area contributed by atoms with E-state index in [0.29, 0.717) is 13.2 Å². The van der Waals surface area contributed by atoms with Gasteiger partial charge >= 0.3 is 0 Å². The first-order valence-electron chi connectivity index (χ1n) is 7.76. The Hall–Kier alpha value is -1.75. The standard InChI is InChI=1S/C17H28N2O3/c1-6-19(7-2)12-17(20)18(4)14(3)13-22-16-10-8-15(21-5)9-11-16/h8-11,14H,6-7,12-13H2,1-5H3. The minimum absolute atomic E-state index is 0.0187. The van der Waals surface area contributed by atoms with E-state index in [4.69, 9.17) is 9.47 Å². The minimum atomic E-state index is 0.0187. The van der Waals surface area contributed by atoms with Gasteiger partial charge in [-0.1, -0.05) is 13.8 Å². The number of methoxy groups -OCH3 is 1. The first-order chi connectivity index (χ1) is 10.5. The highest BCUT2D eigenvalue weighted by Crippen LogP contribution is 2.17. The second-order valence-electron chi connectivity index (χ2n) is 5.30. The van der Waals surface area contributed by atoms with Gasteiger partial charge < -0.3 is 14.4 Å². The van der Waals surface area contributed by atoms with Crippen LogP contribution < -0.4 is 9.47 Å². The molecule has 1 atom stereocenters. The van der Waals surface area contributed by atoms with Gasteiger partial charge in [-0.2, -0.15) is 0 Å². The zero-order chi connectivity index (χ0) is 16.5. The molecule has 1 aromatic carbocycles. The summed E-state index contributed by atoms with van der Waals surface area (Å²) < 4.78 is 10.8. The fraction of sp³-hybridized carbons (Fsp3) is 0.588. The van der Waals surface area contributed by atoms with Crippen molar-refractivity contribution in [1.29, 1.82) is 0 Å². The van der Waals surface area contributed by atoms with Crippen LogP contribution in [-0.2, 0) is 4.79 Å². The second-order valence-corrected chi connectivity index (χ2v) is 5.30. The lowest BCUT2D eigenvalue weighted by atomic mass is 10.3. The van der Waals surface area contributed by atoms with Gasteiger partial charge in [0, 0.05) is 7.05 Å². The van der Waals surface area contributed by atoms with E-state index in [9.17, 15) is 4.79 Å². The zero-order valence-electron chi connectivity index (χ0n) is 14.3. The van der Waals surface area contributed by atoms with E-state index < -0.39 is 0 Å². The van der Waals surface area contributed by atoms with E-state index in [1.807, 2.05) is 38.2 Å². The van der Waals surface area contributed by atoms with Gasteiger partial charge in [0.05, 0.1) is 19.7 Å². The van der Waals surface area contributed by atoms with Gasteiger partial charge in [-0.15, -0.1) is 0 Å². The first-order valence-corrected chi connectivity index (χ1v) is 7.76. The van der Waals surface area contributed by atoms with Crippen LogP contribution in [0.15, 0.2) is 24.3 Å². The number of benzene rings is 1. The molecule has 1 unspecified atom stereocenters. The van der Waals surface area contributed by atoms with Gasteiger partial charge in [-0.3, -0.25) is 9.69 Å². The third-order valence-electron chi connectivity index (χ3n) is 3.86. The fourth-order valence-electron chi connectivity index (χ4n) is 2.00. The summed E-state index contributed by atoms with van der Waals surface area (Å²) in [6.45, 7) is 8.80. The largest absolute Gasteiger partial charge is 0.497 e. The van der Waals surface area contributed by atoms with Crippen LogP contribution in [0.2, 0.25) is 0 Å². The highest BCUT2D eigenvalue weighted by atomic mass is 16.5. The molecule has 0 saturated carbocycles. The van der Waals surface area contributed by atoms with Crippen molar-refractivity contribution in [3.05, 3.63) is 24.3 Å². The van der Waals surface area contributed by atoms with Crippen molar-refractivity contribution in [1.82, 2.24) is 9.80 Å². The second kappa shape index (κ2) is 9.30. The third-order valence-corrected chi connectivity index (χ3v) is 3.86. The highest BCUT2D eigenvalue weighted by Gasteiger charge is 2.18. The summed E-state index contributed by atoms with van der Waals surface area (Å²) in [7, 11) is 3.46. The van der Waals surface area contributed by atoms with Crippen LogP contribution in [-0.4, -0.2) is 62.1 Å². The van der Waals surface area contributed by atoms with Gasteiger partial charge in [-0.25, -0.2) is 0 Å². The first kappa shape index (κ1) is 18.3. The Balaban J connectivity index is 2.45. The molecular weight excluding hydrogens is 280 g/mol. The Labute approximate surface area is 133 Å². The number of hydrogen-bond acceptors (Lipinski definition) is 4. The van der Waals surface area contributed by atoms with Crippen LogP contribution in [0.1, 0.15) is 20.8 Å². The maximum atomic E-state index is 12.2. The molecule has 1 amide bonds. The molecule has 5 nitrogen and oxygen atoms in total. The lowest BCUT2D eigenvalue weighted by Gasteiger charge is -2.27. The van der Waals surface area contributed by atoms with E-state index >= 15 is 0 Å². The summed E-state index contributed by atoms with van der Waals surface area (Å²) >= 11 is 0. The van der Waals surface area contributed by atoms with Crippen LogP contribution in [0.5, 0.6) is 11.5 Å². The topological polar surface area (TPSA) is 42.0 Å². The highest BCUT2D eigenvalue weighted by molar-refractivity contribution is 5.78. The predicted octanol–water partition coefficient (Wildman–Crippen LogP) is 2.26. The SMILES string of the molecule is CCN(CC)CC(=O)N(C)C(C)COc1ccc(OC)cc1. The molecule has 0 aliphatic rings. The smallest absolute Gasteiger partial charge is 0.236 e. The summed E-state index contributed by atoms with van der Waals surface area (Å²) in [6.07, 6.45) is 0. The van der Waals surface area contributed by atoms with E-state index in [1.165, 1.54) is 0 Å². The predicted molar refractivity (Wildman–Crippen MR) is 88.5 cm³/mol. The quantitative estimate of drug-likeness (QED) is 0.702. The molecule has 0 fully saturated rings. The maximum Gasteiger partial charge on any atom is 0.236 e. The molecule has 0 heterocycles. The van der Waals surface area contributed by atoms with Crippen LogP contribution >= 0.6 is 0 Å². The van der Waals surface area contributed by atoms with Gasteiger partial charge in [0.25, 0.3) is 0 Å². The molecule has 0 radical (unpaired) electrons. The summed E-state index contributed by atoms with van der Waals surface area (Å²) in [5.74, 6) is 1.69. The van der Waals surface area contributed by atoms with Gasteiger partial charge in [0.15, 0.2) is 0 Å². The number of nitrogens with zero attached hydrogens (tertiary/aromatic N) is 2. The Morgan fingerprint density at radius 2 is 1.68 bits per heavy atom. The van der Waals surface area contributed by atoms with E-state index in [2.05, 4.69) is 18.7 Å². The molecule has 0 spiro atoms. The lowest BCUT2D eigenvalue weighted by molar-refractivity contribution is -0.133. The molecule has 5 heteroatoms. The number of likely N-dealkylation sites (N-methyl/N-ethyl adjacent to an activating group) is 2. The van der Waals surface area contributed by atoms with Crippen molar-refractivity contribution in [3.8, 4) is 11.5 Å². The number of ether oxygens (including phenoxy) is 2. The average molecular weight is 308 g/mol. The minimum Gasteiger partial charge on any atom is -0.497 e. The molecule has 0 aliphatic heterocycles. The molecule has 124 valence electrons. The normalized spacial score (nSPS) is 12.1. The third kappa shape index (κ3) is 5.56. The van der Waals surface area contributed by atoms with Crippen molar-refractivity contribution >= 4 is 5.91 Å². The number of hydrogen-bond donors (Lipinski definition) is 0. The van der Waals surface area contributed by atoms with Gasteiger partial charge in [-0.05, 0) is 44.3 Å². The van der Waals surface area contributed by atoms with Crippen molar-refractivity contribution < 1.29 is 14.3 Å². The molecular formula is C17H28N2O3. The summed E-state index contributed by atoms with van der Waals surface area (Å²) in [6, 6.07) is 7.46. The van der Waals surface area contributed by atoms with Gasteiger partial charge in [0.1, 0.15) is 18.1 Å². The molecule has 0 aliphatic carbocycles. The molecule has 22 heavy (non-hydrogen) atoms. The summed E-state index contributed by atoms with van der Waals surface area (Å²) in [5.41, 5.74) is 0. The number of rotatable bonds is 9. The molecule has 1 aromatic rings. The Morgan fingerprint density at radius 1 is 1.14 bits per heavy atom. The molecule has 0 bridgehead atoms. The van der Waals surface area contributed by atoms with E-state index in [1.54, 1.807) is 12.0 Å². The fourth-order valence-corrected chi connectivity index (χ4v) is 2.00. The molecule has 0 saturated heterocycles. The van der Waals surface area contributed by atoms with Crippen molar-refractivity contribution in [2.45, 2.75) is 26.8 Å². The van der Waals surface area contributed by atoms with Crippen LogP contribution in [0.3, 0.4) is 0 Å². The van der Waals surface area contributed by atoms with Gasteiger partial charge in [0.2, 0.25) is 5.91 Å². The van der Waals surface area contributed by atoms with Crippen LogP contribution in [0.4, 0.5) is 0 Å². The number of amides is 1. The number of carbonyl (C=O) groups is 1. The summed E-state index contributed by atoms with van der Waals surface area (Å²) in [5, 5.41) is 0. The van der Waals surface area contributed by atoms with E-state index in [-0.39, 0.29) is 11.9 Å². The van der Waals surface area contributed by atoms with Crippen LogP contribution in [0, 0.1) is 0 Å². The lowest BCUT2D eigenvalue weighted by Crippen LogP contribution is -2.44. The van der Waals surface area contributed by atoms with Crippen molar-refractivity contribution in [2.75, 3.05) is 40.4 Å². The maximum absolute atomic E-state index is 12.2. The van der Waals surface area contributed by atoms with Crippen LogP contribution in [0.25, 0.3) is 0 Å². The molecule has 0 aromatic heterocycles. The zero-order valence-corrected chi connectivity index (χ0v) is 14.3. The van der Waals surface area contributed by atoms with E-state index in [0.717, 1.165) is 24.6 Å². The molecule has 0 N–H and O–H groups in total. The Kier molecular flexibility index (Phi) is 7.74. The molecule has 1 rings (SSSR count). The van der Waals surface area contributed by atoms with Crippen molar-refractivity contribution in [2.24, 2.45) is 0 Å².